The summed E-state index contributed by atoms with van der Waals surface area (Å²) in [4.78, 5) is 13.2. The van der Waals surface area contributed by atoms with Gasteiger partial charge in [0, 0.05) is 6.42 Å². The number of aromatic nitrogens is 4. The maximum atomic E-state index is 7.02. The van der Waals surface area contributed by atoms with Crippen molar-refractivity contribution in [2.75, 3.05) is 6.61 Å². The number of hydrogen-bond donors (Lipinski definition) is 0. The third-order valence-corrected chi connectivity index (χ3v) is 8.99. The van der Waals surface area contributed by atoms with Crippen LogP contribution in [0.5, 0.6) is 0 Å². The molecule has 4 aromatic carbocycles. The second kappa shape index (κ2) is 17.0. The van der Waals surface area contributed by atoms with Crippen molar-refractivity contribution < 1.29 is 23.7 Å². The van der Waals surface area contributed by atoms with E-state index in [1.807, 2.05) is 102 Å². The summed E-state index contributed by atoms with van der Waals surface area (Å²) >= 11 is 6.44. The first-order valence-corrected chi connectivity index (χ1v) is 17.2. The Kier molecular flexibility index (Phi) is 11.5. The molecule has 2 aromatic heterocycles. The lowest BCUT2D eigenvalue weighted by molar-refractivity contribution is -0.184. The van der Waals surface area contributed by atoms with E-state index < -0.39 is 30.6 Å². The monoisotopic (exact) mass is 690 g/mol. The predicted molar refractivity (Wildman–Crippen MR) is 190 cm³/mol. The second-order valence-corrected chi connectivity index (χ2v) is 12.6. The van der Waals surface area contributed by atoms with E-state index in [0.717, 1.165) is 22.3 Å². The van der Waals surface area contributed by atoms with Gasteiger partial charge in [-0.05, 0) is 22.3 Å². The largest absolute Gasteiger partial charge is 0.374 e. The maximum absolute atomic E-state index is 7.02. The third kappa shape index (κ3) is 8.62. The summed E-state index contributed by atoms with van der Waals surface area (Å²) in [6.07, 6.45) is 0.842. The Bertz CT molecular complexity index is 1900. The van der Waals surface area contributed by atoms with Gasteiger partial charge in [-0.15, -0.1) is 0 Å². The van der Waals surface area contributed by atoms with Crippen LogP contribution in [-0.2, 0) is 50.1 Å². The van der Waals surface area contributed by atoms with Gasteiger partial charge in [-0.3, -0.25) is 4.57 Å². The quantitative estimate of drug-likeness (QED) is 0.107. The van der Waals surface area contributed by atoms with E-state index in [9.17, 15) is 0 Å². The van der Waals surface area contributed by atoms with Gasteiger partial charge >= 0.3 is 0 Å². The lowest BCUT2D eigenvalue weighted by atomic mass is 10.0. The summed E-state index contributed by atoms with van der Waals surface area (Å²) in [5, 5.41) is 0.273. The number of rotatable bonds is 14. The molecule has 0 bridgehead atoms. The summed E-state index contributed by atoms with van der Waals surface area (Å²) in [5.41, 5.74) is 5.25. The Hall–Kier alpha value is -4.48. The third-order valence-electron chi connectivity index (χ3n) is 8.72. The fraction of sp³-hybridized carbons (Fsp3) is 0.275. The van der Waals surface area contributed by atoms with E-state index in [0.29, 0.717) is 44.0 Å². The van der Waals surface area contributed by atoms with Crippen LogP contribution in [0.4, 0.5) is 0 Å². The molecule has 0 radical (unpaired) electrons. The van der Waals surface area contributed by atoms with Gasteiger partial charge in [0.05, 0.1) is 45.5 Å². The molecule has 256 valence electrons. The van der Waals surface area contributed by atoms with E-state index in [2.05, 4.69) is 39.2 Å². The highest BCUT2D eigenvalue weighted by atomic mass is 35.5. The fourth-order valence-electron chi connectivity index (χ4n) is 6.18. The Morgan fingerprint density at radius 1 is 0.620 bits per heavy atom. The molecule has 5 atom stereocenters. The van der Waals surface area contributed by atoms with Crippen molar-refractivity contribution in [3.63, 3.8) is 0 Å². The number of ether oxygens (including phenoxy) is 5. The molecule has 0 unspecified atom stereocenters. The molecular formula is C40H39ClN4O5. The Morgan fingerprint density at radius 3 is 1.72 bits per heavy atom. The van der Waals surface area contributed by atoms with Gasteiger partial charge in [0.2, 0.25) is 0 Å². The van der Waals surface area contributed by atoms with Crippen LogP contribution in [-0.4, -0.2) is 50.5 Å². The normalized spacial score (nSPS) is 20.9. The molecule has 0 saturated carbocycles. The summed E-state index contributed by atoms with van der Waals surface area (Å²) in [6.45, 7) is 1.74. The van der Waals surface area contributed by atoms with Gasteiger partial charge in [-0.2, -0.15) is 0 Å². The lowest BCUT2D eigenvalue weighted by Crippen LogP contribution is -2.48. The molecule has 1 fully saturated rings. The number of hydrogen-bond acceptors (Lipinski definition) is 8. The molecule has 9 nitrogen and oxygen atoms in total. The maximum Gasteiger partial charge on any atom is 0.166 e. The zero-order valence-electron chi connectivity index (χ0n) is 27.5. The van der Waals surface area contributed by atoms with Crippen molar-refractivity contribution in [3.8, 4) is 0 Å². The highest BCUT2D eigenvalue weighted by molar-refractivity contribution is 6.33. The molecule has 7 rings (SSSR count). The van der Waals surface area contributed by atoms with Crippen LogP contribution in [0.25, 0.3) is 11.2 Å². The molecule has 0 spiro atoms. The Labute approximate surface area is 296 Å². The van der Waals surface area contributed by atoms with Crippen molar-refractivity contribution in [1.82, 2.24) is 19.5 Å². The summed E-state index contributed by atoms with van der Waals surface area (Å²) < 4.78 is 35.8. The summed E-state index contributed by atoms with van der Waals surface area (Å²) in [7, 11) is 0. The minimum atomic E-state index is -0.575. The number of benzene rings is 4. The summed E-state index contributed by atoms with van der Waals surface area (Å²) in [6, 6.07) is 40.4. The van der Waals surface area contributed by atoms with E-state index in [1.165, 1.54) is 6.33 Å². The van der Waals surface area contributed by atoms with Gasteiger partial charge < -0.3 is 23.7 Å². The van der Waals surface area contributed by atoms with E-state index >= 15 is 0 Å². The van der Waals surface area contributed by atoms with Gasteiger partial charge in [0.15, 0.2) is 10.8 Å². The highest BCUT2D eigenvalue weighted by Gasteiger charge is 2.44. The first-order valence-electron chi connectivity index (χ1n) is 16.8. The minimum Gasteiger partial charge on any atom is -0.374 e. The van der Waals surface area contributed by atoms with Crippen LogP contribution in [0.2, 0.25) is 5.15 Å². The second-order valence-electron chi connectivity index (χ2n) is 12.2. The molecule has 1 aliphatic heterocycles. The van der Waals surface area contributed by atoms with Crippen LogP contribution in [0, 0.1) is 0 Å². The van der Waals surface area contributed by atoms with Crippen molar-refractivity contribution >= 4 is 22.8 Å². The van der Waals surface area contributed by atoms with Crippen molar-refractivity contribution in [2.45, 2.75) is 63.5 Å². The molecule has 6 aromatic rings. The van der Waals surface area contributed by atoms with Gasteiger partial charge in [-0.25, -0.2) is 15.0 Å². The number of fused-ring (bicyclic) bond motifs is 1. The SMILES string of the molecule is Clc1ncnc2c1ncn2[C@@H]1C[C@H](OCc2ccccc2)[C@H](OCc2ccccc2)[C@@H](OCc2ccccc2)[C@@H](COCc2ccccc2)O1. The van der Waals surface area contributed by atoms with Crippen LogP contribution in [0.1, 0.15) is 34.9 Å². The Morgan fingerprint density at radius 2 is 1.14 bits per heavy atom. The van der Waals surface area contributed by atoms with Crippen molar-refractivity contribution in [3.05, 3.63) is 161 Å². The molecule has 10 heteroatoms. The minimum absolute atomic E-state index is 0.240. The van der Waals surface area contributed by atoms with Crippen LogP contribution < -0.4 is 0 Å². The zero-order valence-corrected chi connectivity index (χ0v) is 28.3. The van der Waals surface area contributed by atoms with Crippen LogP contribution >= 0.6 is 11.6 Å². The number of nitrogens with zero attached hydrogens (tertiary/aromatic N) is 4. The first kappa shape index (κ1) is 34.0. The van der Waals surface area contributed by atoms with Gasteiger partial charge in [-0.1, -0.05) is 133 Å². The van der Waals surface area contributed by atoms with Gasteiger partial charge in [0.25, 0.3) is 0 Å². The zero-order chi connectivity index (χ0) is 34.0. The number of imidazole rings is 1. The Balaban J connectivity index is 1.26. The molecule has 1 saturated heterocycles. The predicted octanol–water partition coefficient (Wildman–Crippen LogP) is 7.74. The smallest absolute Gasteiger partial charge is 0.166 e. The average Bonchev–Trinajstić information content (AvgIpc) is 3.55. The molecule has 0 aliphatic carbocycles. The molecule has 1 aliphatic rings. The molecule has 0 amide bonds. The molecule has 3 heterocycles. The lowest BCUT2D eigenvalue weighted by Gasteiger charge is -2.34. The highest BCUT2D eigenvalue weighted by Crippen LogP contribution is 2.35. The fourth-order valence-corrected chi connectivity index (χ4v) is 6.36. The molecular weight excluding hydrogens is 652 g/mol. The standard InChI is InChI=1S/C40H39ClN4O5/c41-39-36-40(43-27-42-39)45(28-44-36)35-21-33(47-23-30-15-7-2-8-16-30)37(48-24-31-17-9-3-10-18-31)38(49-25-32-19-11-4-12-20-32)34(50-35)26-46-22-29-13-5-1-6-14-29/h1-20,27-28,33-35,37-38H,21-26H2/t33-,34+,35-,37-,38-/m0/s1. The van der Waals surface area contributed by atoms with Crippen molar-refractivity contribution in [2.24, 2.45) is 0 Å². The van der Waals surface area contributed by atoms with Crippen LogP contribution in [0.3, 0.4) is 0 Å². The topological polar surface area (TPSA) is 89.8 Å². The first-order chi connectivity index (χ1) is 24.7. The van der Waals surface area contributed by atoms with E-state index in [1.54, 1.807) is 6.33 Å². The van der Waals surface area contributed by atoms with E-state index in [4.69, 9.17) is 35.3 Å². The van der Waals surface area contributed by atoms with E-state index in [-0.39, 0.29) is 11.8 Å². The number of halogens is 1. The molecule has 0 N–H and O–H groups in total. The molecule has 50 heavy (non-hydrogen) atoms. The van der Waals surface area contributed by atoms with Crippen molar-refractivity contribution in [1.29, 1.82) is 0 Å². The van der Waals surface area contributed by atoms with Gasteiger partial charge in [0.1, 0.15) is 36.4 Å². The summed E-state index contributed by atoms with van der Waals surface area (Å²) in [5.74, 6) is 0. The average molecular weight is 691 g/mol. The van der Waals surface area contributed by atoms with Crippen LogP contribution in [0.15, 0.2) is 134 Å².